The Labute approximate surface area is 249 Å². The number of carboxylic acids is 1. The van der Waals surface area contributed by atoms with Crippen LogP contribution in [0.5, 0.6) is 0 Å². The Morgan fingerprint density at radius 3 is 2.36 bits per heavy atom. The maximum atomic E-state index is 14.3. The number of carbonyl (C=O) groups is 2. The third-order valence-corrected chi connectivity index (χ3v) is 12.5. The summed E-state index contributed by atoms with van der Waals surface area (Å²) in [5, 5.41) is 12.9. The second-order valence-corrected chi connectivity index (χ2v) is 15.8. The summed E-state index contributed by atoms with van der Waals surface area (Å²) < 4.78 is 55.1. The van der Waals surface area contributed by atoms with Crippen molar-refractivity contribution in [3.8, 4) is 0 Å². The van der Waals surface area contributed by atoms with E-state index in [0.717, 1.165) is 24.5 Å². The lowest BCUT2D eigenvalue weighted by Crippen LogP contribution is -2.52. The first-order valence-electron chi connectivity index (χ1n) is 13.7. The first-order valence-corrected chi connectivity index (χ1v) is 17.3. The van der Waals surface area contributed by atoms with E-state index in [0.29, 0.717) is 21.8 Å². The number of hydrogen-bond acceptors (Lipinski definition) is 6. The number of fused-ring (bicyclic) bond motifs is 2. The van der Waals surface area contributed by atoms with E-state index in [9.17, 15) is 31.5 Å². The van der Waals surface area contributed by atoms with Crippen LogP contribution in [0.25, 0.3) is 0 Å². The topological polar surface area (TPSA) is 138 Å². The van der Waals surface area contributed by atoms with Crippen LogP contribution in [0.15, 0.2) is 71.6 Å². The minimum Gasteiger partial charge on any atom is -0.478 e. The van der Waals surface area contributed by atoms with Crippen molar-refractivity contribution in [2.24, 2.45) is 5.92 Å². The maximum absolute atomic E-state index is 14.3. The Morgan fingerprint density at radius 2 is 1.69 bits per heavy atom. The fourth-order valence-electron chi connectivity index (χ4n) is 6.43. The van der Waals surface area contributed by atoms with Gasteiger partial charge in [0.25, 0.3) is 15.9 Å². The van der Waals surface area contributed by atoms with Crippen molar-refractivity contribution in [1.29, 1.82) is 0 Å². The third-order valence-electron chi connectivity index (χ3n) is 8.67. The lowest BCUT2D eigenvalue weighted by Gasteiger charge is -2.41. The third kappa shape index (κ3) is 4.97. The number of sulfonamides is 1. The first-order chi connectivity index (χ1) is 19.9. The Balaban J connectivity index is 1.44. The van der Waals surface area contributed by atoms with Gasteiger partial charge in [-0.2, -0.15) is 0 Å². The SMILES string of the molecule is O=C(O)c1cccc(S(=O)(=O)N2c3ccc(C(=O)NCc4ccccc4Cl)cc3C3(CCS(=O)(=O)CC3)C2C2CC2)c1. The predicted molar refractivity (Wildman–Crippen MR) is 158 cm³/mol. The average molecular weight is 629 g/mol. The fraction of sp³-hybridized carbons (Fsp3) is 0.333. The number of halogens is 1. The van der Waals surface area contributed by atoms with Crippen molar-refractivity contribution in [2.75, 3.05) is 15.8 Å². The van der Waals surface area contributed by atoms with E-state index in [4.69, 9.17) is 11.6 Å². The normalized spacial score (nSPS) is 20.7. The molecule has 220 valence electrons. The molecule has 1 aliphatic carbocycles. The Morgan fingerprint density at radius 1 is 0.976 bits per heavy atom. The van der Waals surface area contributed by atoms with E-state index < -0.39 is 37.3 Å². The molecule has 3 aliphatic rings. The minimum atomic E-state index is -4.25. The molecule has 1 atom stereocenters. The van der Waals surface area contributed by atoms with E-state index in [1.54, 1.807) is 30.3 Å². The van der Waals surface area contributed by atoms with E-state index in [-0.39, 0.29) is 53.2 Å². The van der Waals surface area contributed by atoms with Crippen LogP contribution in [-0.2, 0) is 31.8 Å². The fourth-order valence-corrected chi connectivity index (χ4v) is 10.0. The molecule has 1 saturated heterocycles. The van der Waals surface area contributed by atoms with Gasteiger partial charge >= 0.3 is 5.97 Å². The summed E-state index contributed by atoms with van der Waals surface area (Å²) in [5.41, 5.74) is 1.15. The van der Waals surface area contributed by atoms with E-state index in [2.05, 4.69) is 5.32 Å². The van der Waals surface area contributed by atoms with Crippen molar-refractivity contribution in [3.63, 3.8) is 0 Å². The van der Waals surface area contributed by atoms with Crippen molar-refractivity contribution in [3.05, 3.63) is 94.0 Å². The molecule has 12 heteroatoms. The zero-order valence-electron chi connectivity index (χ0n) is 22.5. The average Bonchev–Trinajstić information content (AvgIpc) is 3.77. The highest BCUT2D eigenvalue weighted by Gasteiger charge is 2.60. The maximum Gasteiger partial charge on any atom is 0.335 e. The van der Waals surface area contributed by atoms with Crippen molar-refractivity contribution in [1.82, 2.24) is 5.32 Å². The van der Waals surface area contributed by atoms with Crippen LogP contribution in [0.1, 0.15) is 57.5 Å². The van der Waals surface area contributed by atoms with Gasteiger partial charge in [0.1, 0.15) is 9.84 Å². The number of nitrogens with one attached hydrogen (secondary N) is 1. The van der Waals surface area contributed by atoms with Gasteiger partial charge in [-0.25, -0.2) is 21.6 Å². The number of aromatic carboxylic acids is 1. The molecular weight excluding hydrogens is 600 g/mol. The number of hydrogen-bond donors (Lipinski definition) is 2. The molecule has 0 aromatic heterocycles. The number of benzene rings is 3. The highest BCUT2D eigenvalue weighted by atomic mass is 35.5. The second kappa shape index (κ2) is 10.4. The van der Waals surface area contributed by atoms with Crippen LogP contribution in [0.3, 0.4) is 0 Å². The van der Waals surface area contributed by atoms with Crippen LogP contribution >= 0.6 is 11.6 Å². The zero-order chi connectivity index (χ0) is 29.9. The number of sulfone groups is 1. The van der Waals surface area contributed by atoms with E-state index in [1.165, 1.54) is 22.5 Å². The van der Waals surface area contributed by atoms with Gasteiger partial charge in [0.2, 0.25) is 0 Å². The number of amides is 1. The lowest BCUT2D eigenvalue weighted by molar-refractivity contribution is 0.0696. The molecule has 0 bridgehead atoms. The number of carboxylic acid groups (broad SMARTS) is 1. The zero-order valence-corrected chi connectivity index (χ0v) is 24.9. The minimum absolute atomic E-state index is 0.00753. The molecular formula is C30H29ClN2O7S2. The molecule has 1 amide bonds. The van der Waals surface area contributed by atoms with Crippen molar-refractivity contribution < 1.29 is 31.5 Å². The quantitative estimate of drug-likeness (QED) is 0.395. The molecule has 6 rings (SSSR count). The van der Waals surface area contributed by atoms with Crippen LogP contribution in [-0.4, -0.2) is 51.4 Å². The van der Waals surface area contributed by atoms with E-state index in [1.807, 2.05) is 12.1 Å². The summed E-state index contributed by atoms with van der Waals surface area (Å²) in [6.07, 6.45) is 2.05. The van der Waals surface area contributed by atoms with Gasteiger partial charge < -0.3 is 10.4 Å². The van der Waals surface area contributed by atoms with Gasteiger partial charge in [0.05, 0.1) is 33.7 Å². The lowest BCUT2D eigenvalue weighted by atomic mass is 9.70. The van der Waals surface area contributed by atoms with Gasteiger partial charge in [-0.05, 0) is 85.2 Å². The Kier molecular flexibility index (Phi) is 7.10. The first kappa shape index (κ1) is 28.7. The number of rotatable bonds is 7. The summed E-state index contributed by atoms with van der Waals surface area (Å²) >= 11 is 6.24. The van der Waals surface area contributed by atoms with E-state index >= 15 is 0 Å². The highest BCUT2D eigenvalue weighted by molar-refractivity contribution is 7.93. The predicted octanol–water partition coefficient (Wildman–Crippen LogP) is 4.40. The molecule has 2 aliphatic heterocycles. The summed E-state index contributed by atoms with van der Waals surface area (Å²) in [6, 6.07) is 16.7. The highest BCUT2D eigenvalue weighted by Crippen LogP contribution is 2.59. The molecule has 2 N–H and O–H groups in total. The van der Waals surface area contributed by atoms with Crippen molar-refractivity contribution >= 4 is 49.0 Å². The number of anilines is 1. The van der Waals surface area contributed by atoms with Crippen LogP contribution in [0.4, 0.5) is 5.69 Å². The van der Waals surface area contributed by atoms with Crippen LogP contribution in [0, 0.1) is 5.92 Å². The Hall–Kier alpha value is -3.41. The van der Waals surface area contributed by atoms with Crippen LogP contribution in [0.2, 0.25) is 5.02 Å². The summed E-state index contributed by atoms with van der Waals surface area (Å²) in [6.45, 7) is 0.199. The number of carbonyl (C=O) groups excluding carboxylic acids is 1. The van der Waals surface area contributed by atoms with Crippen molar-refractivity contribution in [2.45, 2.75) is 48.6 Å². The molecule has 3 aromatic carbocycles. The largest absolute Gasteiger partial charge is 0.478 e. The second-order valence-electron chi connectivity index (χ2n) is 11.2. The molecule has 42 heavy (non-hydrogen) atoms. The number of nitrogens with zero attached hydrogens (tertiary/aromatic N) is 1. The standard InChI is InChI=1S/C30H29ClN2O7S2/c31-25-7-2-1-4-22(25)18-32-28(34)20-10-11-26-24(17-20)30(12-14-41(37,38)15-13-30)27(19-8-9-19)33(26)42(39,40)23-6-3-5-21(16-23)29(35)36/h1-7,10-11,16-17,19,27H,8-9,12-15,18H2,(H,32,34)(H,35,36). The smallest absolute Gasteiger partial charge is 0.335 e. The molecule has 2 heterocycles. The van der Waals surface area contributed by atoms with Crippen LogP contribution < -0.4 is 9.62 Å². The molecule has 3 aromatic rings. The molecule has 2 fully saturated rings. The van der Waals surface area contributed by atoms with Gasteiger partial charge in [0.15, 0.2) is 0 Å². The molecule has 1 saturated carbocycles. The molecule has 1 unspecified atom stereocenters. The summed E-state index contributed by atoms with van der Waals surface area (Å²) in [5.74, 6) is -1.76. The van der Waals surface area contributed by atoms with Gasteiger partial charge in [-0.15, -0.1) is 0 Å². The summed E-state index contributed by atoms with van der Waals surface area (Å²) in [7, 11) is -7.54. The summed E-state index contributed by atoms with van der Waals surface area (Å²) in [4.78, 5) is 24.8. The molecule has 0 radical (unpaired) electrons. The van der Waals surface area contributed by atoms with Gasteiger partial charge in [0, 0.05) is 22.5 Å². The van der Waals surface area contributed by atoms with Gasteiger partial charge in [-0.3, -0.25) is 9.10 Å². The Bertz CT molecular complexity index is 1810. The molecule has 9 nitrogen and oxygen atoms in total. The monoisotopic (exact) mass is 628 g/mol. The van der Waals surface area contributed by atoms with Gasteiger partial charge in [-0.1, -0.05) is 35.9 Å². The molecule has 1 spiro atoms.